The van der Waals surface area contributed by atoms with Gasteiger partial charge in [0, 0.05) is 61.8 Å². The monoisotopic (exact) mass is 478 g/mol. The topological polar surface area (TPSA) is 72.7 Å². The van der Waals surface area contributed by atoms with Gasteiger partial charge in [-0.2, -0.15) is 0 Å². The Morgan fingerprint density at radius 3 is 1.61 bits per heavy atom. The largest absolute Gasteiger partial charge is 0.508 e. The molecule has 2 unspecified atom stereocenters. The van der Waals surface area contributed by atoms with Crippen molar-refractivity contribution in [1.82, 2.24) is 19.8 Å². The molecule has 182 valence electrons. The third-order valence-corrected chi connectivity index (χ3v) is 7.46. The second-order valence-corrected chi connectivity index (χ2v) is 9.94. The van der Waals surface area contributed by atoms with Gasteiger partial charge in [-0.05, 0) is 96.8 Å². The summed E-state index contributed by atoms with van der Waals surface area (Å²) in [5, 5.41) is 19.2. The van der Waals surface area contributed by atoms with Crippen LogP contribution in [-0.4, -0.2) is 55.2 Å². The zero-order chi connectivity index (χ0) is 24.5. The van der Waals surface area contributed by atoms with Gasteiger partial charge in [0.2, 0.25) is 0 Å². The zero-order valence-corrected chi connectivity index (χ0v) is 20.2. The van der Waals surface area contributed by atoms with Crippen LogP contribution in [0.4, 0.5) is 0 Å². The molecule has 36 heavy (non-hydrogen) atoms. The average Bonchev–Trinajstić information content (AvgIpc) is 3.12. The molecule has 0 saturated carbocycles. The summed E-state index contributed by atoms with van der Waals surface area (Å²) in [6.45, 7) is 4.01. The number of hydrogen-bond donors (Lipinski definition) is 2. The Morgan fingerprint density at radius 1 is 0.639 bits per heavy atom. The normalized spacial score (nSPS) is 20.0. The van der Waals surface area contributed by atoms with E-state index in [0.29, 0.717) is 12.1 Å². The predicted octanol–water partition coefficient (Wildman–Crippen LogP) is 5.07. The Hall–Kier alpha value is -3.74. The number of pyridine rings is 2. The van der Waals surface area contributed by atoms with Crippen LogP contribution < -0.4 is 0 Å². The summed E-state index contributed by atoms with van der Waals surface area (Å²) in [7, 11) is 0. The molecular formula is C30H30N4O2. The number of hydrogen-bond acceptors (Lipinski definition) is 6. The van der Waals surface area contributed by atoms with Crippen molar-refractivity contribution in [3.8, 4) is 34.0 Å². The minimum atomic E-state index is 0.270. The van der Waals surface area contributed by atoms with Crippen LogP contribution in [0.5, 0.6) is 11.5 Å². The molecule has 0 aliphatic carbocycles. The molecule has 2 aliphatic heterocycles. The van der Waals surface area contributed by atoms with Gasteiger partial charge in [0.05, 0.1) is 11.4 Å². The van der Waals surface area contributed by atoms with Gasteiger partial charge in [-0.3, -0.25) is 19.8 Å². The van der Waals surface area contributed by atoms with Gasteiger partial charge in [0.25, 0.3) is 0 Å². The molecule has 6 heteroatoms. The lowest BCUT2D eigenvalue weighted by molar-refractivity contribution is 0.0567. The van der Waals surface area contributed by atoms with Crippen molar-refractivity contribution in [2.24, 2.45) is 0 Å². The SMILES string of the molecule is Oc1ccc(-c2cc(CN3CC4CCC(C3)N4Cc3ccnc(-c4ccc(O)cc4)c3)ccn2)cc1. The predicted molar refractivity (Wildman–Crippen MR) is 140 cm³/mol. The number of benzene rings is 2. The van der Waals surface area contributed by atoms with Gasteiger partial charge in [-0.1, -0.05) is 0 Å². The Bertz CT molecular complexity index is 1330. The van der Waals surface area contributed by atoms with Gasteiger partial charge in [0.15, 0.2) is 0 Å². The second kappa shape index (κ2) is 9.72. The van der Waals surface area contributed by atoms with E-state index in [9.17, 15) is 10.2 Å². The first kappa shape index (κ1) is 22.7. The quantitative estimate of drug-likeness (QED) is 0.403. The van der Waals surface area contributed by atoms with Crippen LogP contribution in [-0.2, 0) is 13.1 Å². The van der Waals surface area contributed by atoms with Crippen molar-refractivity contribution in [3.63, 3.8) is 0 Å². The first-order valence-electron chi connectivity index (χ1n) is 12.6. The smallest absolute Gasteiger partial charge is 0.115 e. The third-order valence-electron chi connectivity index (χ3n) is 7.46. The number of phenolic OH excluding ortho intramolecular Hbond substituents is 2. The fourth-order valence-corrected chi connectivity index (χ4v) is 5.66. The Morgan fingerprint density at radius 2 is 1.11 bits per heavy atom. The maximum atomic E-state index is 9.59. The molecule has 6 nitrogen and oxygen atoms in total. The zero-order valence-electron chi connectivity index (χ0n) is 20.2. The standard InChI is InChI=1S/C30H30N4O2/c35-27-7-1-23(2-8-27)29-15-21(11-13-31-29)17-33-19-25-5-6-26(20-33)34(25)18-22-12-14-32-30(16-22)24-3-9-28(36)10-4-24/h1-4,7-16,25-26,35-36H,5-6,17-20H2. The first-order valence-corrected chi connectivity index (χ1v) is 12.6. The summed E-state index contributed by atoms with van der Waals surface area (Å²) >= 11 is 0. The Kier molecular flexibility index (Phi) is 6.13. The minimum absolute atomic E-state index is 0.270. The highest BCUT2D eigenvalue weighted by Gasteiger charge is 2.39. The number of likely N-dealkylation sites (tertiary alicyclic amines) is 1. The van der Waals surface area contributed by atoms with E-state index in [1.807, 2.05) is 36.7 Å². The number of aromatic hydroxyl groups is 2. The van der Waals surface area contributed by atoms with E-state index in [0.717, 1.165) is 48.7 Å². The summed E-state index contributed by atoms with van der Waals surface area (Å²) in [5.74, 6) is 0.541. The number of fused-ring (bicyclic) bond motifs is 2. The van der Waals surface area contributed by atoms with Gasteiger partial charge >= 0.3 is 0 Å². The van der Waals surface area contributed by atoms with Crippen LogP contribution in [0.1, 0.15) is 24.0 Å². The van der Waals surface area contributed by atoms with Crippen LogP contribution in [0.15, 0.2) is 85.2 Å². The summed E-state index contributed by atoms with van der Waals surface area (Å²) in [4.78, 5) is 14.4. The molecule has 4 heterocycles. The maximum Gasteiger partial charge on any atom is 0.115 e. The molecule has 6 rings (SSSR count). The maximum absolute atomic E-state index is 9.59. The van der Waals surface area contributed by atoms with Crippen molar-refractivity contribution >= 4 is 0 Å². The van der Waals surface area contributed by atoms with E-state index in [1.54, 1.807) is 24.3 Å². The van der Waals surface area contributed by atoms with Crippen LogP contribution in [0.25, 0.3) is 22.5 Å². The lowest BCUT2D eigenvalue weighted by Gasteiger charge is -2.41. The van der Waals surface area contributed by atoms with Crippen molar-refractivity contribution in [3.05, 3.63) is 96.3 Å². The lowest BCUT2D eigenvalue weighted by atomic mass is 10.1. The van der Waals surface area contributed by atoms with Crippen LogP contribution in [0.3, 0.4) is 0 Å². The van der Waals surface area contributed by atoms with E-state index in [-0.39, 0.29) is 11.5 Å². The lowest BCUT2D eigenvalue weighted by Crippen LogP contribution is -2.52. The summed E-state index contributed by atoms with van der Waals surface area (Å²) in [6.07, 6.45) is 6.26. The third kappa shape index (κ3) is 4.83. The number of nitrogens with zero attached hydrogens (tertiary/aromatic N) is 4. The highest BCUT2D eigenvalue weighted by molar-refractivity contribution is 5.61. The second-order valence-electron chi connectivity index (χ2n) is 9.94. The molecule has 0 radical (unpaired) electrons. The number of rotatable bonds is 6. The Labute approximate surface area is 211 Å². The molecule has 2 atom stereocenters. The van der Waals surface area contributed by atoms with Crippen molar-refractivity contribution < 1.29 is 10.2 Å². The molecule has 4 aromatic rings. The fraction of sp³-hybridized carbons (Fsp3) is 0.267. The Balaban J connectivity index is 1.12. The van der Waals surface area contributed by atoms with Gasteiger partial charge in [-0.25, -0.2) is 0 Å². The molecule has 2 aliphatic rings. The fourth-order valence-electron chi connectivity index (χ4n) is 5.66. The van der Waals surface area contributed by atoms with Gasteiger partial charge < -0.3 is 10.2 Å². The average molecular weight is 479 g/mol. The van der Waals surface area contributed by atoms with Crippen molar-refractivity contribution in [1.29, 1.82) is 0 Å². The van der Waals surface area contributed by atoms with Crippen LogP contribution >= 0.6 is 0 Å². The minimum Gasteiger partial charge on any atom is -0.508 e. The molecule has 2 fully saturated rings. The summed E-state index contributed by atoms with van der Waals surface area (Å²) in [5.41, 5.74) is 6.48. The number of aromatic nitrogens is 2. The number of phenols is 2. The van der Waals surface area contributed by atoms with Crippen LogP contribution in [0, 0.1) is 0 Å². The summed E-state index contributed by atoms with van der Waals surface area (Å²) < 4.78 is 0. The molecular weight excluding hydrogens is 448 g/mol. The van der Waals surface area contributed by atoms with Gasteiger partial charge in [0.1, 0.15) is 11.5 Å². The molecule has 0 spiro atoms. The summed E-state index contributed by atoms with van der Waals surface area (Å²) in [6, 6.07) is 24.2. The first-order chi connectivity index (χ1) is 17.6. The van der Waals surface area contributed by atoms with Gasteiger partial charge in [-0.15, -0.1) is 0 Å². The van der Waals surface area contributed by atoms with Crippen LogP contribution in [0.2, 0.25) is 0 Å². The molecule has 2 N–H and O–H groups in total. The highest BCUT2D eigenvalue weighted by atomic mass is 16.3. The van der Waals surface area contributed by atoms with E-state index in [4.69, 9.17) is 0 Å². The molecule has 0 amide bonds. The highest BCUT2D eigenvalue weighted by Crippen LogP contribution is 2.33. The molecule has 2 saturated heterocycles. The van der Waals surface area contributed by atoms with E-state index >= 15 is 0 Å². The molecule has 2 bridgehead atoms. The van der Waals surface area contributed by atoms with E-state index in [1.165, 1.54) is 24.0 Å². The van der Waals surface area contributed by atoms with Crippen molar-refractivity contribution in [2.45, 2.75) is 38.0 Å². The van der Waals surface area contributed by atoms with E-state index < -0.39 is 0 Å². The van der Waals surface area contributed by atoms with Crippen molar-refractivity contribution in [2.75, 3.05) is 13.1 Å². The molecule has 2 aromatic heterocycles. The molecule has 2 aromatic carbocycles. The van der Waals surface area contributed by atoms with E-state index in [2.05, 4.69) is 44.0 Å². The number of piperazine rings is 1.